The van der Waals surface area contributed by atoms with E-state index >= 15 is 0 Å². The van der Waals surface area contributed by atoms with E-state index in [9.17, 15) is 18.0 Å². The zero-order valence-corrected chi connectivity index (χ0v) is 19.2. The van der Waals surface area contributed by atoms with Crippen LogP contribution in [0, 0.1) is 0 Å². The van der Waals surface area contributed by atoms with Crippen LogP contribution in [0.5, 0.6) is 0 Å². The van der Waals surface area contributed by atoms with Gasteiger partial charge in [0.2, 0.25) is 11.8 Å². The third-order valence-corrected chi connectivity index (χ3v) is 6.78. The molecule has 0 bridgehead atoms. The first-order valence-corrected chi connectivity index (χ1v) is 11.4. The Balaban J connectivity index is 2.32. The van der Waals surface area contributed by atoms with E-state index in [0.29, 0.717) is 12.1 Å². The second-order valence-corrected chi connectivity index (χ2v) is 9.31. The predicted octanol–water partition coefficient (Wildman–Crippen LogP) is 1.51. The maximum atomic E-state index is 13.3. The Morgan fingerprint density at radius 3 is 2.03 bits per heavy atom. The fraction of sp³-hybridized carbons (Fsp3) is 0.364. The Labute approximate surface area is 184 Å². The molecule has 8 nitrogen and oxygen atoms in total. The highest BCUT2D eigenvalue weighted by atomic mass is 32.2. The van der Waals surface area contributed by atoms with Crippen LogP contribution in [0.2, 0.25) is 0 Å². The molecule has 0 heterocycles. The van der Waals surface area contributed by atoms with Crippen molar-refractivity contribution in [3.8, 4) is 0 Å². The molecule has 2 aromatic carbocycles. The van der Waals surface area contributed by atoms with Crippen LogP contribution in [-0.2, 0) is 26.2 Å². The van der Waals surface area contributed by atoms with Gasteiger partial charge in [-0.3, -0.25) is 9.59 Å². The van der Waals surface area contributed by atoms with Crippen LogP contribution >= 0.6 is 0 Å². The normalized spacial score (nSPS) is 12.3. The van der Waals surface area contributed by atoms with E-state index in [1.807, 2.05) is 30.3 Å². The topological polar surface area (TPSA) is 90.0 Å². The standard InChI is InChI=1S/C22H30N4O4S/c1-18(22(28)23-2)25(16-15-19-11-7-5-8-12-19)21(27)17-26(31(29,30)24(3)4)20-13-9-6-10-14-20/h5-14,18H,15-17H2,1-4H3,(H,23,28). The molecule has 0 aromatic heterocycles. The largest absolute Gasteiger partial charge is 0.357 e. The van der Waals surface area contributed by atoms with E-state index in [-0.39, 0.29) is 12.5 Å². The van der Waals surface area contributed by atoms with Gasteiger partial charge in [0.1, 0.15) is 12.6 Å². The lowest BCUT2D eigenvalue weighted by Gasteiger charge is -2.32. The highest BCUT2D eigenvalue weighted by Gasteiger charge is 2.32. The molecule has 0 fully saturated rings. The molecule has 1 N–H and O–H groups in total. The Kier molecular flexibility index (Phi) is 8.58. The molecule has 1 atom stereocenters. The zero-order valence-electron chi connectivity index (χ0n) is 18.4. The number of nitrogens with one attached hydrogen (secondary N) is 1. The average molecular weight is 447 g/mol. The summed E-state index contributed by atoms with van der Waals surface area (Å²) in [4.78, 5) is 27.0. The molecule has 2 amide bonds. The van der Waals surface area contributed by atoms with Gasteiger partial charge >= 0.3 is 10.2 Å². The number of hydrogen-bond acceptors (Lipinski definition) is 4. The summed E-state index contributed by atoms with van der Waals surface area (Å²) in [6, 6.07) is 17.3. The van der Waals surface area contributed by atoms with Crippen molar-refractivity contribution in [2.75, 3.05) is 38.5 Å². The molecule has 31 heavy (non-hydrogen) atoms. The predicted molar refractivity (Wildman–Crippen MR) is 122 cm³/mol. The number of benzene rings is 2. The lowest BCUT2D eigenvalue weighted by atomic mass is 10.1. The molecule has 2 rings (SSSR count). The fourth-order valence-corrected chi connectivity index (χ4v) is 4.15. The highest BCUT2D eigenvalue weighted by molar-refractivity contribution is 7.90. The lowest BCUT2D eigenvalue weighted by Crippen LogP contribution is -2.53. The molecular weight excluding hydrogens is 416 g/mol. The Morgan fingerprint density at radius 1 is 0.968 bits per heavy atom. The van der Waals surface area contributed by atoms with Gasteiger partial charge in [-0.1, -0.05) is 48.5 Å². The molecule has 9 heteroatoms. The summed E-state index contributed by atoms with van der Waals surface area (Å²) >= 11 is 0. The van der Waals surface area contributed by atoms with Gasteiger partial charge in [-0.2, -0.15) is 12.7 Å². The van der Waals surface area contributed by atoms with Crippen molar-refractivity contribution in [3.05, 3.63) is 66.2 Å². The molecule has 0 saturated carbocycles. The summed E-state index contributed by atoms with van der Waals surface area (Å²) in [7, 11) is 0.410. The van der Waals surface area contributed by atoms with Gasteiger partial charge in [0.15, 0.2) is 0 Å². The molecule has 0 aliphatic carbocycles. The molecule has 0 spiro atoms. The van der Waals surface area contributed by atoms with Gasteiger partial charge in [0.25, 0.3) is 0 Å². The van der Waals surface area contributed by atoms with E-state index in [0.717, 1.165) is 14.2 Å². The van der Waals surface area contributed by atoms with Crippen molar-refractivity contribution < 1.29 is 18.0 Å². The highest BCUT2D eigenvalue weighted by Crippen LogP contribution is 2.19. The summed E-state index contributed by atoms with van der Waals surface area (Å²) in [6.45, 7) is 1.50. The van der Waals surface area contributed by atoms with Crippen molar-refractivity contribution in [1.82, 2.24) is 14.5 Å². The van der Waals surface area contributed by atoms with Crippen LogP contribution in [0.4, 0.5) is 5.69 Å². The summed E-state index contributed by atoms with van der Waals surface area (Å²) in [5.41, 5.74) is 1.39. The van der Waals surface area contributed by atoms with Gasteiger partial charge in [0, 0.05) is 27.7 Å². The Hall–Kier alpha value is -2.91. The lowest BCUT2D eigenvalue weighted by molar-refractivity contribution is -0.138. The van der Waals surface area contributed by atoms with Gasteiger partial charge in [0.05, 0.1) is 5.69 Å². The van der Waals surface area contributed by atoms with Crippen molar-refractivity contribution >= 4 is 27.7 Å². The SMILES string of the molecule is CNC(=O)C(C)N(CCc1ccccc1)C(=O)CN(c1ccccc1)S(=O)(=O)N(C)C. The van der Waals surface area contributed by atoms with Crippen LogP contribution in [0.15, 0.2) is 60.7 Å². The summed E-state index contributed by atoms with van der Waals surface area (Å²) < 4.78 is 28.0. The van der Waals surface area contributed by atoms with Crippen LogP contribution in [0.3, 0.4) is 0 Å². The number of carbonyl (C=O) groups excluding carboxylic acids is 2. The maximum Gasteiger partial charge on any atom is 0.304 e. The van der Waals surface area contributed by atoms with Crippen LogP contribution in [0.25, 0.3) is 0 Å². The summed E-state index contributed by atoms with van der Waals surface area (Å²) in [5, 5.41) is 2.56. The third-order valence-electron chi connectivity index (χ3n) is 4.96. The summed E-state index contributed by atoms with van der Waals surface area (Å²) in [5.74, 6) is -0.774. The number of hydrogen-bond donors (Lipinski definition) is 1. The number of rotatable bonds is 10. The van der Waals surface area contributed by atoms with Crippen LogP contribution in [0.1, 0.15) is 12.5 Å². The molecule has 0 aliphatic heterocycles. The Bertz CT molecular complexity index is 966. The van der Waals surface area contributed by atoms with Crippen molar-refractivity contribution in [1.29, 1.82) is 0 Å². The minimum Gasteiger partial charge on any atom is -0.357 e. The monoisotopic (exact) mass is 446 g/mol. The summed E-state index contributed by atoms with van der Waals surface area (Å²) in [6.07, 6.45) is 0.541. The molecule has 0 radical (unpaired) electrons. The smallest absolute Gasteiger partial charge is 0.304 e. The minimum atomic E-state index is -3.92. The first kappa shape index (κ1) is 24.4. The van der Waals surface area contributed by atoms with Crippen molar-refractivity contribution in [2.45, 2.75) is 19.4 Å². The molecule has 168 valence electrons. The number of nitrogens with zero attached hydrogens (tertiary/aromatic N) is 3. The quantitative estimate of drug-likeness (QED) is 0.599. The van der Waals surface area contributed by atoms with Crippen LogP contribution < -0.4 is 9.62 Å². The van der Waals surface area contributed by atoms with Gasteiger partial charge in [-0.25, -0.2) is 4.31 Å². The molecular formula is C22H30N4O4S. The first-order valence-electron chi connectivity index (χ1n) is 9.98. The number of anilines is 1. The van der Waals surface area contributed by atoms with Gasteiger partial charge < -0.3 is 10.2 Å². The van der Waals surface area contributed by atoms with E-state index in [1.54, 1.807) is 37.3 Å². The van der Waals surface area contributed by atoms with Crippen LogP contribution in [-0.4, -0.2) is 69.7 Å². The van der Waals surface area contributed by atoms with E-state index in [2.05, 4.69) is 5.32 Å². The van der Waals surface area contributed by atoms with Gasteiger partial charge in [-0.05, 0) is 31.0 Å². The van der Waals surface area contributed by atoms with Gasteiger partial charge in [-0.15, -0.1) is 0 Å². The third kappa shape index (κ3) is 6.28. The zero-order chi connectivity index (χ0) is 23.0. The second kappa shape index (κ2) is 10.9. The fourth-order valence-electron chi connectivity index (χ4n) is 3.09. The number of amides is 2. The molecule has 1 unspecified atom stereocenters. The van der Waals surface area contributed by atoms with E-state index in [4.69, 9.17) is 0 Å². The van der Waals surface area contributed by atoms with E-state index < -0.39 is 28.7 Å². The molecule has 2 aromatic rings. The second-order valence-electron chi connectivity index (χ2n) is 7.25. The first-order chi connectivity index (χ1) is 14.7. The number of carbonyl (C=O) groups is 2. The average Bonchev–Trinajstić information content (AvgIpc) is 2.77. The number of likely N-dealkylation sites (N-methyl/N-ethyl adjacent to an activating group) is 1. The van der Waals surface area contributed by atoms with E-state index in [1.165, 1.54) is 26.0 Å². The maximum absolute atomic E-state index is 13.3. The van der Waals surface area contributed by atoms with Crippen molar-refractivity contribution in [2.24, 2.45) is 0 Å². The molecule has 0 saturated heterocycles. The minimum absolute atomic E-state index is 0.280. The number of para-hydroxylation sites is 1. The van der Waals surface area contributed by atoms with Crippen molar-refractivity contribution in [3.63, 3.8) is 0 Å². The molecule has 0 aliphatic rings. The Morgan fingerprint density at radius 2 is 1.52 bits per heavy atom.